The first-order chi connectivity index (χ1) is 6.79. The maximum absolute atomic E-state index is 10.5. The lowest BCUT2D eigenvalue weighted by Gasteiger charge is -2.04. The minimum atomic E-state index is 0. The molecule has 2 rings (SSSR count). The number of hydrogen-bond donors (Lipinski definition) is 0. The highest BCUT2D eigenvalue weighted by atomic mass is 16.7. The molecule has 3 heteroatoms. The molecule has 0 aliphatic carbocycles. The number of fused-ring (bicyclic) bond motifs is 1. The third-order valence-corrected chi connectivity index (χ3v) is 2.23. The van der Waals surface area contributed by atoms with E-state index in [1.807, 2.05) is 25.1 Å². The minimum Gasteiger partial charge on any atom is -0.454 e. The van der Waals surface area contributed by atoms with Crippen molar-refractivity contribution in [2.24, 2.45) is 5.92 Å². The molecule has 0 fully saturated rings. The van der Waals surface area contributed by atoms with Crippen molar-refractivity contribution in [3.05, 3.63) is 23.8 Å². The average molecular weight is 208 g/mol. The summed E-state index contributed by atoms with van der Waals surface area (Å²) in [5.74, 6) is 1.61. The van der Waals surface area contributed by atoms with Gasteiger partial charge in [-0.25, -0.2) is 0 Å². The molecule has 1 unspecified atom stereocenters. The van der Waals surface area contributed by atoms with Crippen molar-refractivity contribution in [2.45, 2.75) is 20.8 Å². The summed E-state index contributed by atoms with van der Waals surface area (Å²) < 4.78 is 10.4. The Morgan fingerprint density at radius 2 is 2.13 bits per heavy atom. The SMILES string of the molecule is C.CC(C=O)Cc1ccc2c(c1)OCO2. The summed E-state index contributed by atoms with van der Waals surface area (Å²) in [6.45, 7) is 2.19. The Hall–Kier alpha value is -1.51. The fraction of sp³-hybridized carbons (Fsp3) is 0.417. The molecule has 1 aliphatic rings. The zero-order valence-corrected chi connectivity index (χ0v) is 8.03. The first-order valence-electron chi connectivity index (χ1n) is 4.63. The summed E-state index contributed by atoms with van der Waals surface area (Å²) in [7, 11) is 0. The molecule has 1 atom stereocenters. The van der Waals surface area contributed by atoms with Gasteiger partial charge in [0.15, 0.2) is 11.5 Å². The van der Waals surface area contributed by atoms with Gasteiger partial charge in [-0.15, -0.1) is 0 Å². The van der Waals surface area contributed by atoms with E-state index in [-0.39, 0.29) is 13.3 Å². The lowest BCUT2D eigenvalue weighted by atomic mass is 10.0. The molecule has 0 saturated heterocycles. The van der Waals surface area contributed by atoms with E-state index < -0.39 is 0 Å². The zero-order chi connectivity index (χ0) is 9.97. The first-order valence-corrected chi connectivity index (χ1v) is 4.63. The molecule has 0 saturated carbocycles. The van der Waals surface area contributed by atoms with E-state index >= 15 is 0 Å². The van der Waals surface area contributed by atoms with Gasteiger partial charge in [0.1, 0.15) is 6.29 Å². The van der Waals surface area contributed by atoms with E-state index in [1.165, 1.54) is 0 Å². The van der Waals surface area contributed by atoms with Gasteiger partial charge in [0, 0.05) is 5.92 Å². The normalized spacial score (nSPS) is 14.2. The van der Waals surface area contributed by atoms with Crippen molar-refractivity contribution < 1.29 is 14.3 Å². The van der Waals surface area contributed by atoms with Crippen molar-refractivity contribution in [2.75, 3.05) is 6.79 Å². The molecule has 1 aliphatic heterocycles. The quantitative estimate of drug-likeness (QED) is 0.716. The predicted octanol–water partition coefficient (Wildman–Crippen LogP) is 2.43. The molecular formula is C12H16O3. The number of ether oxygens (including phenoxy) is 2. The smallest absolute Gasteiger partial charge is 0.231 e. The Morgan fingerprint density at radius 1 is 1.40 bits per heavy atom. The molecule has 0 bridgehead atoms. The molecule has 0 N–H and O–H groups in total. The van der Waals surface area contributed by atoms with E-state index in [1.54, 1.807) is 0 Å². The summed E-state index contributed by atoms with van der Waals surface area (Å²) in [5, 5.41) is 0. The van der Waals surface area contributed by atoms with Crippen molar-refractivity contribution in [1.29, 1.82) is 0 Å². The predicted molar refractivity (Wildman–Crippen MR) is 58.2 cm³/mol. The number of carbonyl (C=O) groups is 1. The monoisotopic (exact) mass is 208 g/mol. The van der Waals surface area contributed by atoms with Gasteiger partial charge in [-0.3, -0.25) is 0 Å². The summed E-state index contributed by atoms with van der Waals surface area (Å²) in [6.07, 6.45) is 1.71. The Morgan fingerprint density at radius 3 is 2.87 bits per heavy atom. The van der Waals surface area contributed by atoms with Crippen molar-refractivity contribution in [3.8, 4) is 11.5 Å². The summed E-state index contributed by atoms with van der Waals surface area (Å²) in [4.78, 5) is 10.5. The first kappa shape index (κ1) is 11.6. The zero-order valence-electron chi connectivity index (χ0n) is 8.03. The maximum Gasteiger partial charge on any atom is 0.231 e. The van der Waals surface area contributed by atoms with Gasteiger partial charge in [-0.1, -0.05) is 20.4 Å². The maximum atomic E-state index is 10.5. The van der Waals surface area contributed by atoms with Crippen LogP contribution < -0.4 is 9.47 Å². The number of rotatable bonds is 3. The topological polar surface area (TPSA) is 35.5 Å². The van der Waals surface area contributed by atoms with Gasteiger partial charge in [-0.05, 0) is 24.1 Å². The van der Waals surface area contributed by atoms with Crippen LogP contribution in [0.2, 0.25) is 0 Å². The van der Waals surface area contributed by atoms with Crippen molar-refractivity contribution in [3.63, 3.8) is 0 Å². The van der Waals surface area contributed by atoms with Crippen LogP contribution in [0.5, 0.6) is 11.5 Å². The van der Waals surface area contributed by atoms with Crippen LogP contribution in [0.3, 0.4) is 0 Å². The number of hydrogen-bond acceptors (Lipinski definition) is 3. The minimum absolute atomic E-state index is 0. The van der Waals surface area contributed by atoms with E-state index in [0.717, 1.165) is 29.8 Å². The van der Waals surface area contributed by atoms with E-state index in [0.29, 0.717) is 6.79 Å². The highest BCUT2D eigenvalue weighted by molar-refractivity contribution is 5.54. The van der Waals surface area contributed by atoms with Gasteiger partial charge >= 0.3 is 0 Å². The van der Waals surface area contributed by atoms with Gasteiger partial charge < -0.3 is 14.3 Å². The van der Waals surface area contributed by atoms with Gasteiger partial charge in [0.05, 0.1) is 0 Å². The molecule has 0 amide bonds. The van der Waals surface area contributed by atoms with Crippen LogP contribution in [0.25, 0.3) is 0 Å². The van der Waals surface area contributed by atoms with Crippen LogP contribution in [0.1, 0.15) is 19.9 Å². The second-order valence-electron chi connectivity index (χ2n) is 3.51. The van der Waals surface area contributed by atoms with Crippen LogP contribution in [0.4, 0.5) is 0 Å². The Kier molecular flexibility index (Phi) is 3.72. The molecule has 1 heterocycles. The van der Waals surface area contributed by atoms with Crippen LogP contribution in [-0.2, 0) is 11.2 Å². The summed E-state index contributed by atoms with van der Waals surface area (Å²) in [6, 6.07) is 5.78. The van der Waals surface area contributed by atoms with Crippen molar-refractivity contribution in [1.82, 2.24) is 0 Å². The van der Waals surface area contributed by atoms with E-state index in [9.17, 15) is 4.79 Å². The van der Waals surface area contributed by atoms with Crippen LogP contribution in [-0.4, -0.2) is 13.1 Å². The number of aldehydes is 1. The van der Waals surface area contributed by atoms with Crippen molar-refractivity contribution >= 4 is 6.29 Å². The highest BCUT2D eigenvalue weighted by Crippen LogP contribution is 2.32. The Labute approximate surface area is 90.0 Å². The van der Waals surface area contributed by atoms with Gasteiger partial charge in [0.2, 0.25) is 6.79 Å². The highest BCUT2D eigenvalue weighted by Gasteiger charge is 2.13. The Bertz CT molecular complexity index is 347. The van der Waals surface area contributed by atoms with Gasteiger partial charge in [0.25, 0.3) is 0 Å². The molecule has 0 spiro atoms. The molecule has 15 heavy (non-hydrogen) atoms. The molecule has 0 aromatic heterocycles. The second kappa shape index (κ2) is 4.82. The van der Waals surface area contributed by atoms with Gasteiger partial charge in [-0.2, -0.15) is 0 Å². The second-order valence-corrected chi connectivity index (χ2v) is 3.51. The largest absolute Gasteiger partial charge is 0.454 e. The third-order valence-electron chi connectivity index (χ3n) is 2.23. The third kappa shape index (κ3) is 2.49. The van der Waals surface area contributed by atoms with Crippen LogP contribution in [0.15, 0.2) is 18.2 Å². The average Bonchev–Trinajstić information content (AvgIpc) is 2.64. The lowest BCUT2D eigenvalue weighted by molar-refractivity contribution is -0.110. The van der Waals surface area contributed by atoms with Crippen LogP contribution in [0, 0.1) is 5.92 Å². The fourth-order valence-electron chi connectivity index (χ4n) is 1.49. The molecule has 0 radical (unpaired) electrons. The fourth-order valence-corrected chi connectivity index (χ4v) is 1.49. The number of benzene rings is 1. The standard InChI is InChI=1S/C11H12O3.CH4/c1-8(6-12)4-9-2-3-10-11(5-9)14-7-13-10;/h2-3,5-6,8H,4,7H2,1H3;1H4. The summed E-state index contributed by atoms with van der Waals surface area (Å²) in [5.41, 5.74) is 1.11. The summed E-state index contributed by atoms with van der Waals surface area (Å²) >= 11 is 0. The molecular weight excluding hydrogens is 192 g/mol. The molecule has 82 valence electrons. The molecule has 3 nitrogen and oxygen atoms in total. The van der Waals surface area contributed by atoms with E-state index in [2.05, 4.69) is 0 Å². The molecule has 1 aromatic carbocycles. The number of carbonyl (C=O) groups excluding carboxylic acids is 1. The van der Waals surface area contributed by atoms with Crippen LogP contribution >= 0.6 is 0 Å². The Balaban J connectivity index is 0.00000112. The molecule has 1 aromatic rings. The lowest BCUT2D eigenvalue weighted by Crippen LogP contribution is -2.00. The van der Waals surface area contributed by atoms with E-state index in [4.69, 9.17) is 9.47 Å².